The van der Waals surface area contributed by atoms with Gasteiger partial charge >= 0.3 is 0 Å². The van der Waals surface area contributed by atoms with Gasteiger partial charge in [0.15, 0.2) is 0 Å². The molecule has 0 aliphatic rings. The SMILES string of the molecule is [B]c1cnc2[nH]c3c(=O)[nH]c(-c4cccnc4)nc3c2c1. The van der Waals surface area contributed by atoms with Crippen molar-refractivity contribution in [2.24, 2.45) is 0 Å². The highest BCUT2D eigenvalue weighted by Gasteiger charge is 2.12. The fourth-order valence-corrected chi connectivity index (χ4v) is 2.30. The molecular formula is C14H8BN5O. The van der Waals surface area contributed by atoms with Crippen molar-refractivity contribution in [3.63, 3.8) is 0 Å². The van der Waals surface area contributed by atoms with Crippen molar-refractivity contribution in [1.29, 1.82) is 0 Å². The number of pyridine rings is 2. The van der Waals surface area contributed by atoms with Gasteiger partial charge in [-0.15, -0.1) is 0 Å². The zero-order valence-electron chi connectivity index (χ0n) is 10.8. The zero-order chi connectivity index (χ0) is 14.4. The van der Waals surface area contributed by atoms with E-state index in [1.807, 2.05) is 6.07 Å². The van der Waals surface area contributed by atoms with E-state index in [1.165, 1.54) is 6.20 Å². The van der Waals surface area contributed by atoms with Crippen molar-refractivity contribution in [3.05, 3.63) is 47.1 Å². The Labute approximate surface area is 119 Å². The lowest BCUT2D eigenvalue weighted by Crippen LogP contribution is -2.09. The molecule has 98 valence electrons. The summed E-state index contributed by atoms with van der Waals surface area (Å²) >= 11 is 0. The van der Waals surface area contributed by atoms with Crippen molar-refractivity contribution in [1.82, 2.24) is 24.9 Å². The summed E-state index contributed by atoms with van der Waals surface area (Å²) < 4.78 is 0. The fraction of sp³-hybridized carbons (Fsp3) is 0. The van der Waals surface area contributed by atoms with E-state index in [0.717, 1.165) is 10.9 Å². The highest BCUT2D eigenvalue weighted by Crippen LogP contribution is 2.21. The summed E-state index contributed by atoms with van der Waals surface area (Å²) in [5.41, 5.74) is 2.52. The Hall–Kier alpha value is -2.96. The van der Waals surface area contributed by atoms with Gasteiger partial charge in [0, 0.05) is 29.5 Å². The van der Waals surface area contributed by atoms with Gasteiger partial charge in [-0.1, -0.05) is 11.5 Å². The second-order valence-corrected chi connectivity index (χ2v) is 4.67. The maximum atomic E-state index is 12.2. The van der Waals surface area contributed by atoms with Gasteiger partial charge in [-0.3, -0.25) is 9.78 Å². The molecule has 0 fully saturated rings. The molecule has 0 unspecified atom stereocenters. The highest BCUT2D eigenvalue weighted by atomic mass is 16.1. The fourth-order valence-electron chi connectivity index (χ4n) is 2.30. The average Bonchev–Trinajstić information content (AvgIpc) is 2.87. The van der Waals surface area contributed by atoms with Gasteiger partial charge in [-0.25, -0.2) is 9.97 Å². The van der Waals surface area contributed by atoms with E-state index in [1.54, 1.807) is 24.5 Å². The Morgan fingerprint density at radius 3 is 2.90 bits per heavy atom. The molecule has 4 heterocycles. The Balaban J connectivity index is 2.11. The predicted octanol–water partition coefficient (Wildman–Crippen LogP) is 0.655. The van der Waals surface area contributed by atoms with Crippen LogP contribution >= 0.6 is 0 Å². The van der Waals surface area contributed by atoms with Gasteiger partial charge in [-0.2, -0.15) is 0 Å². The standard InChI is InChI=1S/C14H8BN5O/c15-8-4-9-10-11(19-13(9)17-6-8)14(21)20-12(18-10)7-2-1-3-16-5-7/h1-6H,(H,17,19)(H,18,20,21). The molecular weight excluding hydrogens is 265 g/mol. The third-order valence-electron chi connectivity index (χ3n) is 3.26. The van der Waals surface area contributed by atoms with Crippen LogP contribution in [-0.4, -0.2) is 32.8 Å². The number of fused-ring (bicyclic) bond motifs is 3. The van der Waals surface area contributed by atoms with Crippen LogP contribution in [0.5, 0.6) is 0 Å². The Morgan fingerprint density at radius 1 is 1.19 bits per heavy atom. The molecule has 0 amide bonds. The van der Waals surface area contributed by atoms with E-state index in [-0.39, 0.29) is 5.56 Å². The summed E-state index contributed by atoms with van der Waals surface area (Å²) in [5, 5.41) is 0.723. The molecule has 2 radical (unpaired) electrons. The molecule has 0 aromatic carbocycles. The van der Waals surface area contributed by atoms with E-state index in [4.69, 9.17) is 7.85 Å². The summed E-state index contributed by atoms with van der Waals surface area (Å²) in [6.07, 6.45) is 4.84. The van der Waals surface area contributed by atoms with Crippen LogP contribution in [-0.2, 0) is 0 Å². The van der Waals surface area contributed by atoms with Crippen LogP contribution in [0, 0.1) is 0 Å². The molecule has 7 heteroatoms. The Bertz CT molecular complexity index is 1020. The van der Waals surface area contributed by atoms with Gasteiger partial charge in [-0.05, 0) is 12.1 Å². The van der Waals surface area contributed by atoms with E-state index < -0.39 is 0 Å². The van der Waals surface area contributed by atoms with Crippen molar-refractivity contribution in [2.75, 3.05) is 0 Å². The smallest absolute Gasteiger partial charge is 0.275 e. The van der Waals surface area contributed by atoms with Gasteiger partial charge in [0.05, 0.1) is 0 Å². The zero-order valence-corrected chi connectivity index (χ0v) is 10.8. The van der Waals surface area contributed by atoms with Crippen LogP contribution in [0.3, 0.4) is 0 Å². The molecule has 0 aliphatic heterocycles. The molecule has 4 aromatic rings. The molecule has 0 bridgehead atoms. The minimum Gasteiger partial charge on any atom is -0.333 e. The summed E-state index contributed by atoms with van der Waals surface area (Å²) in [5.74, 6) is 0.462. The van der Waals surface area contributed by atoms with Crippen molar-refractivity contribution in [3.8, 4) is 11.4 Å². The maximum Gasteiger partial charge on any atom is 0.275 e. The summed E-state index contributed by atoms with van der Waals surface area (Å²) in [7, 11) is 5.76. The molecule has 6 nitrogen and oxygen atoms in total. The molecule has 0 spiro atoms. The first-order valence-corrected chi connectivity index (χ1v) is 6.30. The Kier molecular flexibility index (Phi) is 2.41. The van der Waals surface area contributed by atoms with Crippen molar-refractivity contribution >= 4 is 35.4 Å². The minimum absolute atomic E-state index is 0.254. The van der Waals surface area contributed by atoms with Crippen LogP contribution in [0.25, 0.3) is 33.5 Å². The number of H-pyrrole nitrogens is 2. The van der Waals surface area contributed by atoms with E-state index >= 15 is 0 Å². The van der Waals surface area contributed by atoms with E-state index in [0.29, 0.717) is 28.0 Å². The third kappa shape index (κ3) is 1.82. The predicted molar refractivity (Wildman–Crippen MR) is 80.6 cm³/mol. The lowest BCUT2D eigenvalue weighted by molar-refractivity contribution is 1.16. The molecule has 21 heavy (non-hydrogen) atoms. The second kappa shape index (κ2) is 4.27. The summed E-state index contributed by atoms with van der Waals surface area (Å²) in [4.78, 5) is 30.7. The number of nitrogens with one attached hydrogen (secondary N) is 2. The Morgan fingerprint density at radius 2 is 2.10 bits per heavy atom. The first-order valence-electron chi connectivity index (χ1n) is 6.30. The largest absolute Gasteiger partial charge is 0.333 e. The minimum atomic E-state index is -0.254. The summed E-state index contributed by atoms with van der Waals surface area (Å²) in [6, 6.07) is 5.37. The molecule has 4 rings (SSSR count). The van der Waals surface area contributed by atoms with Crippen LogP contribution < -0.4 is 11.0 Å². The number of rotatable bonds is 1. The lowest BCUT2D eigenvalue weighted by atomic mass is 9.98. The van der Waals surface area contributed by atoms with Crippen LogP contribution in [0.1, 0.15) is 0 Å². The van der Waals surface area contributed by atoms with Crippen LogP contribution in [0.2, 0.25) is 0 Å². The number of nitrogens with zero attached hydrogens (tertiary/aromatic N) is 3. The number of hydrogen-bond acceptors (Lipinski definition) is 4. The molecule has 0 saturated carbocycles. The molecule has 0 aliphatic carbocycles. The number of aromatic amines is 2. The third-order valence-corrected chi connectivity index (χ3v) is 3.26. The molecule has 0 atom stereocenters. The first kappa shape index (κ1) is 11.8. The van der Waals surface area contributed by atoms with E-state index in [9.17, 15) is 4.79 Å². The number of aromatic nitrogens is 5. The number of hydrogen-bond donors (Lipinski definition) is 2. The van der Waals surface area contributed by atoms with Crippen LogP contribution in [0.4, 0.5) is 0 Å². The van der Waals surface area contributed by atoms with Crippen molar-refractivity contribution < 1.29 is 0 Å². The first-order chi connectivity index (χ1) is 10.2. The lowest BCUT2D eigenvalue weighted by Gasteiger charge is -2.00. The molecule has 0 saturated heterocycles. The average molecular weight is 273 g/mol. The summed E-state index contributed by atoms with van der Waals surface area (Å²) in [6.45, 7) is 0. The highest BCUT2D eigenvalue weighted by molar-refractivity contribution is 6.33. The van der Waals surface area contributed by atoms with Gasteiger partial charge in [0.25, 0.3) is 5.56 Å². The van der Waals surface area contributed by atoms with Crippen molar-refractivity contribution in [2.45, 2.75) is 0 Å². The second-order valence-electron chi connectivity index (χ2n) is 4.67. The van der Waals surface area contributed by atoms with E-state index in [2.05, 4.69) is 24.9 Å². The van der Waals surface area contributed by atoms with Gasteiger partial charge in [0.2, 0.25) is 0 Å². The molecule has 4 aromatic heterocycles. The topological polar surface area (TPSA) is 87.3 Å². The normalized spacial score (nSPS) is 11.2. The van der Waals surface area contributed by atoms with Gasteiger partial charge < -0.3 is 9.97 Å². The molecule has 2 N–H and O–H groups in total. The van der Waals surface area contributed by atoms with Gasteiger partial charge in [0.1, 0.15) is 30.4 Å². The van der Waals surface area contributed by atoms with Crippen LogP contribution in [0.15, 0.2) is 41.6 Å². The maximum absolute atomic E-state index is 12.2. The monoisotopic (exact) mass is 273 g/mol. The quantitative estimate of drug-likeness (QED) is 0.498.